The fourth-order valence-electron chi connectivity index (χ4n) is 4.25. The Bertz CT molecular complexity index is 1420. The van der Waals surface area contributed by atoms with Crippen LogP contribution in [0.1, 0.15) is 24.8 Å². The SMILES string of the molecule is c1cnc2ccc(Cn3cnc4cnc(-c5cnn(CCOC6CCCCO6)c5)nc43)cc2c1. The number of aromatic nitrogens is 7. The van der Waals surface area contributed by atoms with Gasteiger partial charge in [-0.1, -0.05) is 12.1 Å². The molecule has 5 heterocycles. The molecule has 1 aliphatic heterocycles. The van der Waals surface area contributed by atoms with Gasteiger partial charge in [0.05, 0.1) is 49.5 Å². The van der Waals surface area contributed by atoms with Gasteiger partial charge in [0.2, 0.25) is 0 Å². The molecule has 9 nitrogen and oxygen atoms in total. The smallest absolute Gasteiger partial charge is 0.164 e. The Morgan fingerprint density at radius 2 is 2.06 bits per heavy atom. The third kappa shape index (κ3) is 4.40. The number of nitrogens with zero attached hydrogens (tertiary/aromatic N) is 7. The monoisotopic (exact) mass is 455 g/mol. The molecule has 1 saturated heterocycles. The summed E-state index contributed by atoms with van der Waals surface area (Å²) in [4.78, 5) is 18.2. The number of hydrogen-bond donors (Lipinski definition) is 0. The maximum atomic E-state index is 5.82. The lowest BCUT2D eigenvalue weighted by molar-refractivity contribution is -0.163. The topological polar surface area (TPSA) is 92.8 Å². The minimum atomic E-state index is -0.0892. The third-order valence-corrected chi connectivity index (χ3v) is 6.03. The Hall–Kier alpha value is -3.69. The van der Waals surface area contributed by atoms with Crippen LogP contribution in [0.2, 0.25) is 0 Å². The standard InChI is InChI=1S/C25H25N7O2/c1-2-10-33-23(5-1)34-11-9-32-16-20(13-29-32)24-27-14-22-25(30-24)31(17-28-22)15-18-6-7-21-19(12-18)4-3-8-26-21/h3-4,6-8,12-14,16-17,23H,1-2,5,9-11,15H2. The summed E-state index contributed by atoms with van der Waals surface area (Å²) in [6.45, 7) is 2.65. The number of ether oxygens (including phenoxy) is 2. The van der Waals surface area contributed by atoms with Crippen molar-refractivity contribution in [1.82, 2.24) is 34.3 Å². The first-order valence-corrected chi connectivity index (χ1v) is 11.6. The molecule has 0 spiro atoms. The van der Waals surface area contributed by atoms with Crippen LogP contribution in [0.3, 0.4) is 0 Å². The Labute approximate surface area is 196 Å². The van der Waals surface area contributed by atoms with Gasteiger partial charge in [-0.05, 0) is 43.0 Å². The second-order valence-corrected chi connectivity index (χ2v) is 8.46. The highest BCUT2D eigenvalue weighted by Crippen LogP contribution is 2.20. The summed E-state index contributed by atoms with van der Waals surface area (Å²) in [5, 5.41) is 5.57. The zero-order valence-electron chi connectivity index (χ0n) is 18.7. The molecule has 0 amide bonds. The summed E-state index contributed by atoms with van der Waals surface area (Å²) in [6.07, 6.45) is 12.3. The van der Waals surface area contributed by atoms with E-state index in [1.807, 2.05) is 40.1 Å². The molecular formula is C25H25N7O2. The van der Waals surface area contributed by atoms with Crippen LogP contribution < -0.4 is 0 Å². The fourth-order valence-corrected chi connectivity index (χ4v) is 4.25. The Morgan fingerprint density at radius 3 is 3.00 bits per heavy atom. The second-order valence-electron chi connectivity index (χ2n) is 8.46. The lowest BCUT2D eigenvalue weighted by atomic mass is 10.1. The second kappa shape index (κ2) is 9.28. The molecule has 1 unspecified atom stereocenters. The van der Waals surface area contributed by atoms with Gasteiger partial charge < -0.3 is 14.0 Å². The van der Waals surface area contributed by atoms with Crippen molar-refractivity contribution in [3.8, 4) is 11.4 Å². The van der Waals surface area contributed by atoms with Crippen molar-refractivity contribution < 1.29 is 9.47 Å². The van der Waals surface area contributed by atoms with Crippen LogP contribution in [0.25, 0.3) is 33.5 Å². The normalized spacial score (nSPS) is 16.4. The largest absolute Gasteiger partial charge is 0.353 e. The van der Waals surface area contributed by atoms with Crippen LogP contribution in [0, 0.1) is 0 Å². The Kier molecular flexibility index (Phi) is 5.70. The van der Waals surface area contributed by atoms with E-state index in [0.29, 0.717) is 25.5 Å². The zero-order chi connectivity index (χ0) is 22.7. The summed E-state index contributed by atoms with van der Waals surface area (Å²) in [5.74, 6) is 0.625. The lowest BCUT2D eigenvalue weighted by Crippen LogP contribution is -2.24. The highest BCUT2D eigenvalue weighted by molar-refractivity contribution is 5.79. The Morgan fingerprint density at radius 1 is 1.06 bits per heavy atom. The summed E-state index contributed by atoms with van der Waals surface area (Å²) in [6, 6.07) is 10.3. The maximum absolute atomic E-state index is 5.82. The molecule has 0 saturated carbocycles. The minimum absolute atomic E-state index is 0.0892. The van der Waals surface area contributed by atoms with E-state index in [9.17, 15) is 0 Å². The van der Waals surface area contributed by atoms with E-state index in [1.165, 1.54) is 0 Å². The molecule has 0 N–H and O–H groups in total. The van der Waals surface area contributed by atoms with E-state index in [4.69, 9.17) is 14.5 Å². The summed E-state index contributed by atoms with van der Waals surface area (Å²) >= 11 is 0. The van der Waals surface area contributed by atoms with E-state index >= 15 is 0 Å². The average Bonchev–Trinajstić information content (AvgIpc) is 3.52. The van der Waals surface area contributed by atoms with Gasteiger partial charge in [0.15, 0.2) is 17.8 Å². The molecule has 0 radical (unpaired) electrons. The van der Waals surface area contributed by atoms with E-state index in [1.54, 1.807) is 12.4 Å². The van der Waals surface area contributed by atoms with Crippen LogP contribution in [0.4, 0.5) is 0 Å². The molecule has 4 aromatic heterocycles. The predicted molar refractivity (Wildman–Crippen MR) is 127 cm³/mol. The summed E-state index contributed by atoms with van der Waals surface area (Å²) in [7, 11) is 0. The van der Waals surface area contributed by atoms with Gasteiger partial charge in [-0.25, -0.2) is 15.0 Å². The molecule has 0 bridgehead atoms. The van der Waals surface area contributed by atoms with Crippen molar-refractivity contribution in [2.24, 2.45) is 0 Å². The van der Waals surface area contributed by atoms with Crippen LogP contribution in [0.5, 0.6) is 0 Å². The summed E-state index contributed by atoms with van der Waals surface area (Å²) < 4.78 is 15.3. The van der Waals surface area contributed by atoms with Crippen LogP contribution >= 0.6 is 0 Å². The average molecular weight is 456 g/mol. The van der Waals surface area contributed by atoms with Gasteiger partial charge in [0, 0.05) is 24.4 Å². The number of imidazole rings is 1. The van der Waals surface area contributed by atoms with Crippen LogP contribution in [-0.2, 0) is 22.6 Å². The van der Waals surface area contributed by atoms with Crippen molar-refractivity contribution in [2.75, 3.05) is 13.2 Å². The highest BCUT2D eigenvalue weighted by atomic mass is 16.7. The van der Waals surface area contributed by atoms with Crippen molar-refractivity contribution in [3.05, 3.63) is 67.0 Å². The van der Waals surface area contributed by atoms with Gasteiger partial charge in [-0.3, -0.25) is 9.67 Å². The van der Waals surface area contributed by atoms with Crippen molar-refractivity contribution in [3.63, 3.8) is 0 Å². The van der Waals surface area contributed by atoms with Gasteiger partial charge in [0.1, 0.15) is 5.52 Å². The molecule has 9 heteroatoms. The molecule has 34 heavy (non-hydrogen) atoms. The molecule has 1 fully saturated rings. The summed E-state index contributed by atoms with van der Waals surface area (Å²) in [5.41, 5.74) is 4.57. The third-order valence-electron chi connectivity index (χ3n) is 6.03. The first kappa shape index (κ1) is 20.9. The van der Waals surface area contributed by atoms with Crippen LogP contribution in [-0.4, -0.2) is 53.8 Å². The van der Waals surface area contributed by atoms with Gasteiger partial charge in [0.25, 0.3) is 0 Å². The van der Waals surface area contributed by atoms with Crippen molar-refractivity contribution in [1.29, 1.82) is 0 Å². The van der Waals surface area contributed by atoms with Crippen molar-refractivity contribution in [2.45, 2.75) is 38.6 Å². The van der Waals surface area contributed by atoms with Gasteiger partial charge in [-0.2, -0.15) is 5.10 Å². The predicted octanol–water partition coefficient (Wildman–Crippen LogP) is 3.83. The van der Waals surface area contributed by atoms with E-state index in [2.05, 4.69) is 38.2 Å². The van der Waals surface area contributed by atoms with E-state index in [-0.39, 0.29) is 6.29 Å². The van der Waals surface area contributed by atoms with Gasteiger partial charge >= 0.3 is 0 Å². The molecule has 0 aliphatic carbocycles. The Balaban J connectivity index is 1.18. The molecular weight excluding hydrogens is 430 g/mol. The molecule has 1 aromatic carbocycles. The lowest BCUT2D eigenvalue weighted by Gasteiger charge is -2.22. The minimum Gasteiger partial charge on any atom is -0.353 e. The molecule has 5 aromatic rings. The quantitative estimate of drug-likeness (QED) is 0.368. The number of rotatable bonds is 7. The molecule has 1 atom stereocenters. The first-order chi connectivity index (χ1) is 16.8. The molecule has 1 aliphatic rings. The van der Waals surface area contributed by atoms with E-state index < -0.39 is 0 Å². The number of hydrogen-bond acceptors (Lipinski definition) is 7. The number of benzene rings is 1. The fraction of sp³-hybridized carbons (Fsp3) is 0.320. The highest BCUT2D eigenvalue weighted by Gasteiger charge is 2.14. The number of fused-ring (bicyclic) bond motifs is 2. The van der Waals surface area contributed by atoms with E-state index in [0.717, 1.165) is 59.1 Å². The molecule has 172 valence electrons. The van der Waals surface area contributed by atoms with Crippen molar-refractivity contribution >= 4 is 22.1 Å². The van der Waals surface area contributed by atoms with Crippen LogP contribution in [0.15, 0.2) is 61.4 Å². The zero-order valence-corrected chi connectivity index (χ0v) is 18.7. The maximum Gasteiger partial charge on any atom is 0.164 e. The first-order valence-electron chi connectivity index (χ1n) is 11.6. The number of pyridine rings is 1. The molecule has 6 rings (SSSR count). The van der Waals surface area contributed by atoms with Gasteiger partial charge in [-0.15, -0.1) is 0 Å².